The van der Waals surface area contributed by atoms with Crippen LogP contribution in [0.1, 0.15) is 43.7 Å². The van der Waals surface area contributed by atoms with Gasteiger partial charge in [-0.2, -0.15) is 0 Å². The van der Waals surface area contributed by atoms with Gasteiger partial charge in [0.15, 0.2) is 0 Å². The maximum Gasteiger partial charge on any atom is 0.340 e. The van der Waals surface area contributed by atoms with E-state index >= 15 is 0 Å². The summed E-state index contributed by atoms with van der Waals surface area (Å²) in [6.07, 6.45) is 1.28. The maximum atomic E-state index is 11.8. The molecule has 0 amide bonds. The second-order valence-corrected chi connectivity index (χ2v) is 5.37. The van der Waals surface area contributed by atoms with Crippen molar-refractivity contribution in [1.29, 1.82) is 0 Å². The van der Waals surface area contributed by atoms with Crippen LogP contribution in [0.4, 0.5) is 0 Å². The summed E-state index contributed by atoms with van der Waals surface area (Å²) in [6, 6.07) is 1.77. The number of aromatic nitrogens is 1. The van der Waals surface area contributed by atoms with E-state index in [1.165, 1.54) is 0 Å². The van der Waals surface area contributed by atoms with Gasteiger partial charge in [-0.05, 0) is 40.7 Å². The minimum Gasteiger partial charge on any atom is -0.456 e. The van der Waals surface area contributed by atoms with Gasteiger partial charge in [0.25, 0.3) is 0 Å². The number of ether oxygens (including phenoxy) is 1. The van der Waals surface area contributed by atoms with Crippen molar-refractivity contribution in [3.8, 4) is 0 Å². The van der Waals surface area contributed by atoms with Gasteiger partial charge < -0.3 is 14.4 Å². The van der Waals surface area contributed by atoms with E-state index in [-0.39, 0.29) is 14.4 Å². The Balaban J connectivity index is 0.00000289. The van der Waals surface area contributed by atoms with Crippen molar-refractivity contribution < 1.29 is 14.6 Å². The number of hydrogen-bond acceptors (Lipinski definition) is 3. The monoisotopic (exact) mass is 250 g/mol. The average molecular weight is 250 g/mol. The first-order valence-corrected chi connectivity index (χ1v) is 5.77. The maximum absolute atomic E-state index is 11.8. The second-order valence-electron chi connectivity index (χ2n) is 5.37. The van der Waals surface area contributed by atoms with Crippen LogP contribution < -0.4 is 0 Å². The molecule has 1 heterocycles. The van der Waals surface area contributed by atoms with Crippen molar-refractivity contribution in [2.24, 2.45) is 0 Å². The summed E-state index contributed by atoms with van der Waals surface area (Å²) < 4.78 is 7.13. The number of esters is 1. The summed E-state index contributed by atoms with van der Waals surface area (Å²) in [5, 5.41) is 9.33. The van der Waals surface area contributed by atoms with Gasteiger partial charge in [0.05, 0.1) is 11.7 Å². The van der Waals surface area contributed by atoms with Crippen LogP contribution in [0.2, 0.25) is 0 Å². The van der Waals surface area contributed by atoms with Gasteiger partial charge in [-0.25, -0.2) is 4.79 Å². The molecule has 5 heteroatoms. The molecular weight excluding hydrogens is 229 g/mol. The summed E-state index contributed by atoms with van der Waals surface area (Å²) >= 11 is 0. The third-order valence-electron chi connectivity index (χ3n) is 2.21. The van der Waals surface area contributed by atoms with Crippen LogP contribution in [0.15, 0.2) is 12.3 Å². The Morgan fingerprint density at radius 2 is 2.06 bits per heavy atom. The topological polar surface area (TPSA) is 51.5 Å². The normalized spacial score (nSPS) is 12.8. The number of aliphatic hydroxyl groups is 1. The van der Waals surface area contributed by atoms with Crippen molar-refractivity contribution in [2.45, 2.75) is 52.9 Å². The highest BCUT2D eigenvalue weighted by molar-refractivity contribution is 5.89. The van der Waals surface area contributed by atoms with Crippen LogP contribution in [0.5, 0.6) is 0 Å². The smallest absolute Gasteiger partial charge is 0.340 e. The molecule has 0 aliphatic carbocycles. The molecule has 18 heavy (non-hydrogen) atoms. The second kappa shape index (κ2) is 6.09. The molecule has 1 unspecified atom stereocenters. The highest BCUT2D eigenvalue weighted by Gasteiger charge is 2.19. The molecule has 1 N–H and O–H groups in total. The van der Waals surface area contributed by atoms with Crippen LogP contribution >= 0.6 is 0 Å². The number of aryl methyl sites for hydroxylation is 1. The van der Waals surface area contributed by atoms with Crippen LogP contribution in [0.25, 0.3) is 0 Å². The summed E-state index contributed by atoms with van der Waals surface area (Å²) in [6.45, 7) is 9.61. The van der Waals surface area contributed by atoms with Gasteiger partial charge in [0.1, 0.15) is 5.60 Å². The van der Waals surface area contributed by atoms with E-state index in [4.69, 9.17) is 4.74 Å². The van der Waals surface area contributed by atoms with Gasteiger partial charge >= 0.3 is 5.97 Å². The van der Waals surface area contributed by atoms with Gasteiger partial charge in [0.2, 0.25) is 0 Å². The van der Waals surface area contributed by atoms with Gasteiger partial charge in [-0.1, -0.05) is 0 Å². The number of aliphatic hydroxyl groups excluding tert-OH is 1. The molecule has 0 saturated heterocycles. The molecular formula is C13H21BNO3. The summed E-state index contributed by atoms with van der Waals surface area (Å²) in [4.78, 5) is 11.8. The Morgan fingerprint density at radius 3 is 2.50 bits per heavy atom. The summed E-state index contributed by atoms with van der Waals surface area (Å²) in [7, 11) is 0. The third kappa shape index (κ3) is 4.96. The minimum atomic E-state index is -0.489. The Kier molecular flexibility index (Phi) is 5.68. The van der Waals surface area contributed by atoms with Crippen LogP contribution in [-0.2, 0) is 11.3 Å². The fraction of sp³-hybridized carbons (Fsp3) is 0.615. The van der Waals surface area contributed by atoms with E-state index in [2.05, 4.69) is 0 Å². The number of nitrogens with zero attached hydrogens (tertiary/aromatic N) is 1. The molecule has 1 aromatic rings. The first kappa shape index (κ1) is 16.8. The molecule has 0 fully saturated rings. The molecule has 3 radical (unpaired) electrons. The van der Waals surface area contributed by atoms with E-state index in [0.29, 0.717) is 12.1 Å². The molecule has 0 aliphatic heterocycles. The van der Waals surface area contributed by atoms with Gasteiger partial charge in [-0.15, -0.1) is 0 Å². The third-order valence-corrected chi connectivity index (χ3v) is 2.21. The largest absolute Gasteiger partial charge is 0.456 e. The molecule has 0 spiro atoms. The molecule has 0 aromatic carbocycles. The zero-order chi connectivity index (χ0) is 13.2. The first-order chi connectivity index (χ1) is 7.69. The molecule has 0 bridgehead atoms. The predicted molar refractivity (Wildman–Crippen MR) is 71.8 cm³/mol. The lowest BCUT2D eigenvalue weighted by atomic mass is 10.2. The van der Waals surface area contributed by atoms with Crippen molar-refractivity contribution >= 4 is 14.4 Å². The van der Waals surface area contributed by atoms with E-state index in [1.54, 1.807) is 19.2 Å². The van der Waals surface area contributed by atoms with E-state index in [9.17, 15) is 9.90 Å². The fourth-order valence-electron chi connectivity index (χ4n) is 1.54. The lowest BCUT2D eigenvalue weighted by Crippen LogP contribution is -2.23. The summed E-state index contributed by atoms with van der Waals surface area (Å²) in [5.41, 5.74) is 0.974. The van der Waals surface area contributed by atoms with Gasteiger partial charge in [0, 0.05) is 26.8 Å². The number of carbonyl (C=O) groups excluding carboxylic acids is 1. The van der Waals surface area contributed by atoms with Crippen molar-refractivity contribution in [3.05, 3.63) is 23.5 Å². The van der Waals surface area contributed by atoms with Crippen molar-refractivity contribution in [3.63, 3.8) is 0 Å². The first-order valence-electron chi connectivity index (χ1n) is 5.77. The number of rotatable bonds is 3. The lowest BCUT2D eigenvalue weighted by molar-refractivity contribution is 0.00692. The molecule has 4 nitrogen and oxygen atoms in total. The molecule has 0 aliphatic rings. The van der Waals surface area contributed by atoms with Crippen LogP contribution in [0, 0.1) is 6.92 Å². The SMILES string of the molecule is Cc1cc(C(=O)OC(C)(C)C)cn1CC(C)O.[B]. The van der Waals surface area contributed by atoms with Crippen LogP contribution in [-0.4, -0.2) is 35.8 Å². The van der Waals surface area contributed by atoms with Gasteiger partial charge in [-0.3, -0.25) is 0 Å². The average Bonchev–Trinajstić information content (AvgIpc) is 2.44. The molecule has 1 aromatic heterocycles. The molecule has 1 atom stereocenters. The van der Waals surface area contributed by atoms with E-state index in [1.807, 2.05) is 32.3 Å². The lowest BCUT2D eigenvalue weighted by Gasteiger charge is -2.18. The predicted octanol–water partition coefficient (Wildman–Crippen LogP) is 1.75. The minimum absolute atomic E-state index is 0. The van der Waals surface area contributed by atoms with E-state index in [0.717, 1.165) is 5.69 Å². The highest BCUT2D eigenvalue weighted by atomic mass is 16.6. The Bertz CT molecular complexity index is 405. The fourth-order valence-corrected chi connectivity index (χ4v) is 1.54. The Labute approximate surface area is 111 Å². The molecule has 0 saturated carbocycles. The zero-order valence-corrected chi connectivity index (χ0v) is 11.7. The quantitative estimate of drug-likeness (QED) is 0.656. The zero-order valence-electron chi connectivity index (χ0n) is 11.7. The standard InChI is InChI=1S/C13H21NO3.B/c1-9-6-11(8-14(9)7-10(2)15)12(16)17-13(3,4)5;/h6,8,10,15H,7H2,1-5H3;. The number of hydrogen-bond donors (Lipinski definition) is 1. The molecule has 99 valence electrons. The van der Waals surface area contributed by atoms with E-state index < -0.39 is 11.7 Å². The van der Waals surface area contributed by atoms with Crippen LogP contribution in [0.3, 0.4) is 0 Å². The van der Waals surface area contributed by atoms with Crippen molar-refractivity contribution in [1.82, 2.24) is 4.57 Å². The Morgan fingerprint density at radius 1 is 1.50 bits per heavy atom. The Hall–Kier alpha value is -1.23. The number of carbonyl (C=O) groups is 1. The summed E-state index contributed by atoms with van der Waals surface area (Å²) in [5.74, 6) is -0.329. The highest BCUT2D eigenvalue weighted by Crippen LogP contribution is 2.15. The molecule has 1 rings (SSSR count). The van der Waals surface area contributed by atoms with Crippen molar-refractivity contribution in [2.75, 3.05) is 0 Å².